The first-order valence-electron chi connectivity index (χ1n) is 32.4. The van der Waals surface area contributed by atoms with Crippen molar-refractivity contribution < 1.29 is 0 Å². The molecule has 0 radical (unpaired) electrons. The molecule has 0 aliphatic rings. The van der Waals surface area contributed by atoms with E-state index in [1.165, 1.54) is 353 Å². The topological polar surface area (TPSA) is 0 Å². The van der Waals surface area contributed by atoms with Crippen LogP contribution in [0.5, 0.6) is 0 Å². The van der Waals surface area contributed by atoms with Crippen LogP contribution < -0.4 is 0 Å². The van der Waals surface area contributed by atoms with Gasteiger partial charge in [0.05, 0.1) is 0 Å². The van der Waals surface area contributed by atoms with Crippen LogP contribution in [0.2, 0.25) is 0 Å². The van der Waals surface area contributed by atoms with E-state index in [9.17, 15) is 0 Å². The molecule has 2 atom stereocenters. The average molecular weight is 926 g/mol. The predicted molar refractivity (Wildman–Crippen MR) is 307 cm³/mol. The van der Waals surface area contributed by atoms with Gasteiger partial charge in [-0.3, -0.25) is 0 Å². The molecule has 0 saturated heterocycles. The third-order valence-corrected chi connectivity index (χ3v) is 16.0. The van der Waals surface area contributed by atoms with Crippen molar-refractivity contribution in [2.45, 2.75) is 400 Å². The zero-order valence-electron chi connectivity index (χ0n) is 47.3. The van der Waals surface area contributed by atoms with E-state index < -0.39 is 0 Å². The van der Waals surface area contributed by atoms with Crippen LogP contribution >= 0.6 is 0 Å². The minimum atomic E-state index is 1.00. The molecule has 0 heterocycles. The summed E-state index contributed by atoms with van der Waals surface area (Å²) in [6, 6.07) is 0. The molecule has 0 heteroatoms. The molecular formula is C66H132. The molecule has 396 valence electrons. The second-order valence-electron chi connectivity index (χ2n) is 22.7. The van der Waals surface area contributed by atoms with E-state index in [4.69, 9.17) is 0 Å². The summed E-state index contributed by atoms with van der Waals surface area (Å²) in [5.41, 5.74) is 0. The standard InChI is InChI=1S/C66H132/c1-5-9-13-17-21-25-29-32-35-37-40-43-47-51-55-59-62-65(61-57-53-49-45-28-24-20-16-12-8-4)66(63-58-54-50-46-42-39-34-31-27-23-19-15-11-7-3)64-60-56-52-48-44-41-38-36-33-30-26-22-18-14-10-6-2/h34,39,65-66H,5-33,35-38,40-64H2,1-4H3/b39-34-. The van der Waals surface area contributed by atoms with Gasteiger partial charge >= 0.3 is 0 Å². The van der Waals surface area contributed by atoms with E-state index in [0.29, 0.717) is 0 Å². The van der Waals surface area contributed by atoms with Crippen molar-refractivity contribution in [3.63, 3.8) is 0 Å². The quantitative estimate of drug-likeness (QED) is 0.0421. The minimum Gasteiger partial charge on any atom is -0.0885 e. The summed E-state index contributed by atoms with van der Waals surface area (Å²) in [4.78, 5) is 0. The van der Waals surface area contributed by atoms with Gasteiger partial charge in [0, 0.05) is 0 Å². The molecule has 0 rings (SSSR count). The molecule has 0 fully saturated rings. The summed E-state index contributed by atoms with van der Waals surface area (Å²) in [5.74, 6) is 2.01. The van der Waals surface area contributed by atoms with Gasteiger partial charge in [-0.25, -0.2) is 0 Å². The third-order valence-electron chi connectivity index (χ3n) is 16.0. The Morgan fingerprint density at radius 1 is 0.167 bits per heavy atom. The van der Waals surface area contributed by atoms with Crippen LogP contribution in [0.15, 0.2) is 12.2 Å². The Hall–Kier alpha value is -0.260. The summed E-state index contributed by atoms with van der Waals surface area (Å²) in [6.45, 7) is 9.32. The first-order chi connectivity index (χ1) is 32.8. The largest absolute Gasteiger partial charge is 0.0885 e. The van der Waals surface area contributed by atoms with E-state index in [-0.39, 0.29) is 0 Å². The van der Waals surface area contributed by atoms with E-state index in [2.05, 4.69) is 39.8 Å². The van der Waals surface area contributed by atoms with E-state index in [1.807, 2.05) is 0 Å². The number of unbranched alkanes of at least 4 members (excludes halogenated alkanes) is 49. The SMILES string of the molecule is CCCCCCCC/C=C\CCCCCCC(CCCCCCCCCCCCCCCCCC)C(CCCCCCCCCCCC)CCCCCCCCCCCCCCCCCC. The lowest BCUT2D eigenvalue weighted by Crippen LogP contribution is -2.16. The highest BCUT2D eigenvalue weighted by molar-refractivity contribution is 4.81. The first-order valence-corrected chi connectivity index (χ1v) is 32.4. The van der Waals surface area contributed by atoms with Crippen molar-refractivity contribution in [2.75, 3.05) is 0 Å². The lowest BCUT2D eigenvalue weighted by Gasteiger charge is -2.28. The van der Waals surface area contributed by atoms with Gasteiger partial charge in [0.15, 0.2) is 0 Å². The molecule has 0 aliphatic carbocycles. The Labute approximate surface area is 422 Å². The second kappa shape index (κ2) is 60.9. The van der Waals surface area contributed by atoms with Crippen molar-refractivity contribution in [2.24, 2.45) is 11.8 Å². The lowest BCUT2D eigenvalue weighted by molar-refractivity contribution is 0.236. The van der Waals surface area contributed by atoms with Crippen LogP contribution in [0.4, 0.5) is 0 Å². The fourth-order valence-electron chi connectivity index (χ4n) is 11.3. The molecule has 2 unspecified atom stereocenters. The van der Waals surface area contributed by atoms with Crippen LogP contribution in [0.1, 0.15) is 400 Å². The maximum Gasteiger partial charge on any atom is -0.0351 e. The molecule has 0 aromatic heterocycles. The van der Waals surface area contributed by atoms with Crippen LogP contribution in [0.25, 0.3) is 0 Å². The Bertz CT molecular complexity index is 839. The average Bonchev–Trinajstić information content (AvgIpc) is 3.33. The smallest absolute Gasteiger partial charge is 0.0351 e. The van der Waals surface area contributed by atoms with Crippen molar-refractivity contribution in [3.8, 4) is 0 Å². The Kier molecular flexibility index (Phi) is 60.6. The van der Waals surface area contributed by atoms with Gasteiger partial charge < -0.3 is 0 Å². The summed E-state index contributed by atoms with van der Waals surface area (Å²) in [6.07, 6.45) is 90.3. The Morgan fingerprint density at radius 2 is 0.303 bits per heavy atom. The monoisotopic (exact) mass is 925 g/mol. The number of hydrogen-bond donors (Lipinski definition) is 0. The van der Waals surface area contributed by atoms with Gasteiger partial charge in [0.25, 0.3) is 0 Å². The molecule has 0 aromatic rings. The van der Waals surface area contributed by atoms with E-state index in [1.54, 1.807) is 19.3 Å². The number of allylic oxidation sites excluding steroid dienone is 2. The molecule has 0 nitrogen and oxygen atoms in total. The fraction of sp³-hybridized carbons (Fsp3) is 0.970. The molecule has 0 spiro atoms. The normalized spacial score (nSPS) is 12.8. The molecule has 0 bridgehead atoms. The van der Waals surface area contributed by atoms with Crippen LogP contribution in [0.3, 0.4) is 0 Å². The molecule has 0 aromatic carbocycles. The number of rotatable bonds is 60. The predicted octanol–water partition coefficient (Wildman–Crippen LogP) is 25.5. The zero-order chi connectivity index (χ0) is 47.6. The molecule has 0 amide bonds. The van der Waals surface area contributed by atoms with Gasteiger partial charge in [-0.1, -0.05) is 387 Å². The highest BCUT2D eigenvalue weighted by atomic mass is 14.3. The fourth-order valence-corrected chi connectivity index (χ4v) is 11.3. The van der Waals surface area contributed by atoms with Crippen LogP contribution in [-0.4, -0.2) is 0 Å². The van der Waals surface area contributed by atoms with Crippen molar-refractivity contribution in [1.29, 1.82) is 0 Å². The summed E-state index contributed by atoms with van der Waals surface area (Å²) < 4.78 is 0. The van der Waals surface area contributed by atoms with Gasteiger partial charge in [-0.15, -0.1) is 0 Å². The minimum absolute atomic E-state index is 1.00. The van der Waals surface area contributed by atoms with E-state index >= 15 is 0 Å². The molecule has 0 saturated carbocycles. The van der Waals surface area contributed by atoms with Crippen LogP contribution in [0, 0.1) is 11.8 Å². The Morgan fingerprint density at radius 3 is 0.470 bits per heavy atom. The maximum absolute atomic E-state index is 2.52. The molecule has 0 N–H and O–H groups in total. The van der Waals surface area contributed by atoms with Gasteiger partial charge in [0.2, 0.25) is 0 Å². The van der Waals surface area contributed by atoms with Crippen molar-refractivity contribution >= 4 is 0 Å². The molecular weight excluding hydrogens is 793 g/mol. The van der Waals surface area contributed by atoms with Gasteiger partial charge in [0.1, 0.15) is 0 Å². The van der Waals surface area contributed by atoms with Gasteiger partial charge in [-0.2, -0.15) is 0 Å². The van der Waals surface area contributed by atoms with Gasteiger partial charge in [-0.05, 0) is 37.5 Å². The highest BCUT2D eigenvalue weighted by Crippen LogP contribution is 2.34. The van der Waals surface area contributed by atoms with Crippen molar-refractivity contribution in [3.05, 3.63) is 12.2 Å². The van der Waals surface area contributed by atoms with E-state index in [0.717, 1.165) is 11.8 Å². The van der Waals surface area contributed by atoms with Crippen LogP contribution in [-0.2, 0) is 0 Å². The summed E-state index contributed by atoms with van der Waals surface area (Å²) in [5, 5.41) is 0. The lowest BCUT2D eigenvalue weighted by atomic mass is 9.78. The zero-order valence-corrected chi connectivity index (χ0v) is 47.3. The third kappa shape index (κ3) is 54.7. The highest BCUT2D eigenvalue weighted by Gasteiger charge is 2.21. The first kappa shape index (κ1) is 65.7. The molecule has 66 heavy (non-hydrogen) atoms. The molecule has 0 aliphatic heterocycles. The number of hydrogen-bond acceptors (Lipinski definition) is 0. The maximum atomic E-state index is 2.52. The summed E-state index contributed by atoms with van der Waals surface area (Å²) in [7, 11) is 0. The second-order valence-corrected chi connectivity index (χ2v) is 22.7. The Balaban J connectivity index is 4.86. The van der Waals surface area contributed by atoms with Crippen molar-refractivity contribution in [1.82, 2.24) is 0 Å². The summed E-state index contributed by atoms with van der Waals surface area (Å²) >= 11 is 0.